The summed E-state index contributed by atoms with van der Waals surface area (Å²) in [4.78, 5) is 5.69. The zero-order valence-electron chi connectivity index (χ0n) is 18.6. The van der Waals surface area contributed by atoms with Gasteiger partial charge in [-0.05, 0) is 24.9 Å². The van der Waals surface area contributed by atoms with Gasteiger partial charge in [0.2, 0.25) is 0 Å². The van der Waals surface area contributed by atoms with Gasteiger partial charge in [0.25, 0.3) is 0 Å². The molecule has 26 heavy (non-hydrogen) atoms. The van der Waals surface area contributed by atoms with Crippen molar-refractivity contribution in [2.45, 2.75) is 112 Å². The van der Waals surface area contributed by atoms with E-state index < -0.39 is 0 Å². The third kappa shape index (κ3) is 21.1. The third-order valence-electron chi connectivity index (χ3n) is 3.55. The van der Waals surface area contributed by atoms with Gasteiger partial charge in [-0.15, -0.1) is 23.6 Å². The van der Waals surface area contributed by atoms with Gasteiger partial charge in [0.1, 0.15) is 0 Å². The Morgan fingerprint density at radius 2 is 1.27 bits per heavy atom. The van der Waals surface area contributed by atoms with Crippen molar-refractivity contribution >= 4 is 15.1 Å². The number of hydrogen-bond acceptors (Lipinski definition) is 2. The maximum atomic E-state index is 4.80. The first-order valence-electron chi connectivity index (χ1n) is 10.2. The van der Waals surface area contributed by atoms with E-state index in [2.05, 4.69) is 82.2 Å². The van der Waals surface area contributed by atoms with Gasteiger partial charge in [-0.25, -0.2) is 0 Å². The Kier molecular flexibility index (Phi) is 19.7. The summed E-state index contributed by atoms with van der Waals surface area (Å²) in [5.74, 6) is 13.4. The molecule has 0 amide bonds. The first-order chi connectivity index (χ1) is 12.2. The van der Waals surface area contributed by atoms with Gasteiger partial charge in [0.15, 0.2) is 0 Å². The Morgan fingerprint density at radius 3 is 1.65 bits per heavy atom. The first-order valence-corrected chi connectivity index (χ1v) is 10.2. The Balaban J connectivity index is 0. The predicted molar refractivity (Wildman–Crippen MR) is 119 cm³/mol. The van der Waals surface area contributed by atoms with Crippen LogP contribution in [0.1, 0.15) is 93.9 Å². The molecule has 0 aliphatic rings. The van der Waals surface area contributed by atoms with Crippen molar-refractivity contribution in [2.24, 2.45) is 10.8 Å². The molecule has 0 fully saturated rings. The van der Waals surface area contributed by atoms with Gasteiger partial charge in [0.05, 0.1) is 0 Å². The molecule has 0 aromatic rings. The van der Waals surface area contributed by atoms with Crippen molar-refractivity contribution in [3.8, 4) is 23.6 Å². The third-order valence-corrected chi connectivity index (χ3v) is 3.55. The summed E-state index contributed by atoms with van der Waals surface area (Å²) in [7, 11) is 6.85. The van der Waals surface area contributed by atoms with Crippen LogP contribution in [0.15, 0.2) is 4.90 Å². The van der Waals surface area contributed by atoms with E-state index in [1.54, 1.807) is 0 Å². The minimum atomic E-state index is 0.287. The maximum absolute atomic E-state index is 4.80. The molecule has 2 radical (unpaired) electrons. The van der Waals surface area contributed by atoms with Crippen molar-refractivity contribution in [3.63, 3.8) is 0 Å². The Hall–Kier alpha value is -0.990. The summed E-state index contributed by atoms with van der Waals surface area (Å²) in [6.07, 6.45) is 7.06. The molecule has 0 aromatic carbocycles. The summed E-state index contributed by atoms with van der Waals surface area (Å²) >= 11 is 0. The number of nitrogens with zero attached hydrogens (tertiary/aromatic N) is 2. The van der Waals surface area contributed by atoms with Crippen LogP contribution in [0.4, 0.5) is 0 Å². The van der Waals surface area contributed by atoms with E-state index >= 15 is 0 Å². The zero-order valence-corrected chi connectivity index (χ0v) is 18.6. The zero-order chi connectivity index (χ0) is 20.4. The molecule has 4 heteroatoms. The second-order valence-corrected chi connectivity index (χ2v) is 7.72. The molecule has 0 aromatic heterocycles. The van der Waals surface area contributed by atoms with Crippen molar-refractivity contribution in [1.29, 1.82) is 0 Å². The van der Waals surface area contributed by atoms with Crippen molar-refractivity contribution < 1.29 is 0 Å². The van der Waals surface area contributed by atoms with Crippen LogP contribution in [0.25, 0.3) is 0 Å². The Morgan fingerprint density at radius 1 is 0.808 bits per heavy atom. The van der Waals surface area contributed by atoms with Crippen LogP contribution < -0.4 is 0 Å². The van der Waals surface area contributed by atoms with E-state index in [-0.39, 0.29) is 6.04 Å². The molecule has 0 aliphatic heterocycles. The molecule has 2 nitrogen and oxygen atoms in total. The summed E-state index contributed by atoms with van der Waals surface area (Å²) in [6, 6.07) is 1.33. The normalized spacial score (nSPS) is 10.2. The number of hydrogen-bond donors (Lipinski definition) is 0. The second-order valence-electron chi connectivity index (χ2n) is 7.72. The van der Waals surface area contributed by atoms with Gasteiger partial charge in [0, 0.05) is 18.8 Å². The number of unbranched alkanes of at least 4 members (excludes halogenated alkanes) is 5. The summed E-state index contributed by atoms with van der Waals surface area (Å²) in [6.45, 7) is 17.0. The van der Waals surface area contributed by atoms with Crippen LogP contribution in [0, 0.1) is 29.5 Å². The molecule has 0 heterocycles. The summed E-state index contributed by atoms with van der Waals surface area (Å²) in [5, 5.41) is 0. The monoisotopic (exact) mass is 354 g/mol. The minimum absolute atomic E-state index is 0.287. The standard InChI is InChI=1S/C19H33BN.C3H7BN/c1-17(2)15-13-11-9-7-8-10-12-14-16-20-21(18(3)4)19(5)6;1-3(2)5-4/h17-19H,7-12H2,1-6H3;3H,1-2H3. The average molecular weight is 354 g/mol. The molecule has 0 bridgehead atoms. The van der Waals surface area contributed by atoms with Crippen molar-refractivity contribution in [3.05, 3.63) is 0 Å². The molecule has 0 saturated heterocycles. The fraction of sp³-hybridized carbons (Fsp3) is 0.818. The summed E-state index contributed by atoms with van der Waals surface area (Å²) in [5.41, 5.74) is 0. The van der Waals surface area contributed by atoms with E-state index in [9.17, 15) is 0 Å². The van der Waals surface area contributed by atoms with Crippen LogP contribution in [0.2, 0.25) is 0 Å². The molecular weight excluding hydrogens is 314 g/mol. The van der Waals surface area contributed by atoms with Gasteiger partial charge in [-0.3, -0.25) is 0 Å². The Labute approximate surface area is 166 Å². The van der Waals surface area contributed by atoms with Crippen LogP contribution in [0.3, 0.4) is 0 Å². The first kappa shape index (κ1) is 27.2. The second kappa shape index (κ2) is 18.8. The fourth-order valence-corrected chi connectivity index (χ4v) is 2.14. The van der Waals surface area contributed by atoms with Gasteiger partial charge in [-0.1, -0.05) is 54.4 Å². The molecule has 0 unspecified atom stereocenters. The van der Waals surface area contributed by atoms with Crippen LogP contribution in [-0.4, -0.2) is 38.0 Å². The predicted octanol–water partition coefficient (Wildman–Crippen LogP) is 5.43. The molecule has 144 valence electrons. The number of rotatable bonds is 9. The topological polar surface area (TPSA) is 15.6 Å². The summed E-state index contributed by atoms with van der Waals surface area (Å²) < 4.78 is 0. The van der Waals surface area contributed by atoms with E-state index in [1.807, 2.05) is 13.8 Å². The molecule has 0 saturated carbocycles. The Bertz CT molecular complexity index is 440. The van der Waals surface area contributed by atoms with E-state index in [0.29, 0.717) is 18.0 Å². The van der Waals surface area contributed by atoms with E-state index in [4.69, 9.17) is 7.64 Å². The van der Waals surface area contributed by atoms with Gasteiger partial charge >= 0.3 is 39.8 Å². The van der Waals surface area contributed by atoms with Crippen molar-refractivity contribution in [2.75, 3.05) is 0 Å². The average Bonchev–Trinajstić information content (AvgIpc) is 2.55. The van der Waals surface area contributed by atoms with Gasteiger partial charge < -0.3 is 4.81 Å². The molecular formula is C22H40B2N2. The quantitative estimate of drug-likeness (QED) is 0.306. The van der Waals surface area contributed by atoms with E-state index in [1.165, 1.54) is 25.7 Å². The molecule has 0 spiro atoms. The van der Waals surface area contributed by atoms with Crippen molar-refractivity contribution in [1.82, 2.24) is 4.81 Å². The van der Waals surface area contributed by atoms with E-state index in [0.717, 1.165) is 12.8 Å². The van der Waals surface area contributed by atoms with Crippen LogP contribution >= 0.6 is 0 Å². The molecule has 0 atom stereocenters. The SMILES string of the molecule is CC(C)C#CCCCCCCC#C[B]N(C(C)C)C(C)C.[B]=NC(C)C. The van der Waals surface area contributed by atoms with Gasteiger partial charge in [-0.2, -0.15) is 0 Å². The molecule has 0 aliphatic carbocycles. The molecule has 0 rings (SSSR count). The fourth-order valence-electron chi connectivity index (χ4n) is 2.14. The molecule has 0 N–H and O–H groups in total. The van der Waals surface area contributed by atoms with Crippen LogP contribution in [0.5, 0.6) is 0 Å². The van der Waals surface area contributed by atoms with Crippen LogP contribution in [-0.2, 0) is 0 Å².